The number of hydrogen-bond donors (Lipinski definition) is 1. The Morgan fingerprint density at radius 2 is 1.80 bits per heavy atom. The lowest BCUT2D eigenvalue weighted by Crippen LogP contribution is -2.23. The third-order valence-corrected chi connectivity index (χ3v) is 4.36. The topological polar surface area (TPSA) is 24.9 Å². The SMILES string of the molecule is CCNC(Cc1csc(C)n1)c1ccc(C(C)C)cc1. The average molecular weight is 288 g/mol. The minimum Gasteiger partial charge on any atom is -0.310 e. The highest BCUT2D eigenvalue weighted by Crippen LogP contribution is 2.22. The minimum absolute atomic E-state index is 0.350. The Labute approximate surface area is 126 Å². The summed E-state index contributed by atoms with van der Waals surface area (Å²) in [5.41, 5.74) is 3.93. The molecule has 0 saturated heterocycles. The molecule has 0 aliphatic heterocycles. The maximum atomic E-state index is 4.58. The van der Waals surface area contributed by atoms with Crippen molar-refractivity contribution in [3.8, 4) is 0 Å². The number of nitrogens with one attached hydrogen (secondary N) is 1. The summed E-state index contributed by atoms with van der Waals surface area (Å²) in [6, 6.07) is 9.35. The summed E-state index contributed by atoms with van der Waals surface area (Å²) in [4.78, 5) is 4.58. The fraction of sp³-hybridized carbons (Fsp3) is 0.471. The predicted octanol–water partition coefficient (Wildman–Crippen LogP) is 4.47. The molecular formula is C17H24N2S. The third-order valence-electron chi connectivity index (χ3n) is 3.54. The van der Waals surface area contributed by atoms with Gasteiger partial charge in [-0.2, -0.15) is 0 Å². The van der Waals surface area contributed by atoms with Crippen LogP contribution in [0.3, 0.4) is 0 Å². The van der Waals surface area contributed by atoms with Crippen molar-refractivity contribution in [1.82, 2.24) is 10.3 Å². The largest absolute Gasteiger partial charge is 0.310 e. The van der Waals surface area contributed by atoms with Crippen LogP contribution in [0.25, 0.3) is 0 Å². The van der Waals surface area contributed by atoms with Crippen LogP contribution in [0, 0.1) is 6.92 Å². The van der Waals surface area contributed by atoms with Crippen molar-refractivity contribution >= 4 is 11.3 Å². The monoisotopic (exact) mass is 288 g/mol. The number of benzene rings is 1. The smallest absolute Gasteiger partial charge is 0.0897 e. The van der Waals surface area contributed by atoms with Crippen LogP contribution in [0.1, 0.15) is 54.6 Å². The van der Waals surface area contributed by atoms with Crippen LogP contribution < -0.4 is 5.32 Å². The lowest BCUT2D eigenvalue weighted by atomic mass is 9.97. The molecule has 1 unspecified atom stereocenters. The molecule has 0 saturated carbocycles. The molecule has 1 atom stereocenters. The van der Waals surface area contributed by atoms with Gasteiger partial charge in [0.05, 0.1) is 10.7 Å². The van der Waals surface area contributed by atoms with Gasteiger partial charge in [0.1, 0.15) is 0 Å². The van der Waals surface area contributed by atoms with Crippen molar-refractivity contribution < 1.29 is 0 Å². The van der Waals surface area contributed by atoms with Crippen molar-refractivity contribution in [3.05, 3.63) is 51.5 Å². The van der Waals surface area contributed by atoms with Crippen LogP contribution in [-0.4, -0.2) is 11.5 Å². The number of hydrogen-bond acceptors (Lipinski definition) is 3. The fourth-order valence-electron chi connectivity index (χ4n) is 2.38. The summed E-state index contributed by atoms with van der Waals surface area (Å²) >= 11 is 1.73. The number of likely N-dealkylation sites (N-methyl/N-ethyl adjacent to an activating group) is 1. The Morgan fingerprint density at radius 1 is 1.15 bits per heavy atom. The number of aromatic nitrogens is 1. The standard InChI is InChI=1S/C17H24N2S/c1-5-18-17(10-16-11-20-13(4)19-16)15-8-6-14(7-9-15)12(2)3/h6-9,11-12,17-18H,5,10H2,1-4H3. The highest BCUT2D eigenvalue weighted by molar-refractivity contribution is 7.09. The Kier molecular flexibility index (Phi) is 5.32. The summed E-state index contributed by atoms with van der Waals surface area (Å²) < 4.78 is 0. The Hall–Kier alpha value is -1.19. The summed E-state index contributed by atoms with van der Waals surface area (Å²) in [5, 5.41) is 6.88. The lowest BCUT2D eigenvalue weighted by Gasteiger charge is -2.18. The molecule has 0 bridgehead atoms. The first kappa shape index (κ1) is 15.2. The maximum absolute atomic E-state index is 4.58. The normalized spacial score (nSPS) is 12.8. The highest BCUT2D eigenvalue weighted by Gasteiger charge is 2.13. The molecule has 1 heterocycles. The first-order valence-corrected chi connectivity index (χ1v) is 8.22. The summed E-state index contributed by atoms with van der Waals surface area (Å²) in [6.07, 6.45) is 0.958. The minimum atomic E-state index is 0.350. The Bertz CT molecular complexity index is 528. The van der Waals surface area contributed by atoms with Gasteiger partial charge in [0.15, 0.2) is 0 Å². The van der Waals surface area contributed by atoms with Crippen molar-refractivity contribution in [3.63, 3.8) is 0 Å². The molecule has 2 aromatic rings. The van der Waals surface area contributed by atoms with Gasteiger partial charge in [-0.15, -0.1) is 11.3 Å². The summed E-state index contributed by atoms with van der Waals surface area (Å²) in [6.45, 7) is 9.65. The number of nitrogens with zero attached hydrogens (tertiary/aromatic N) is 1. The average Bonchev–Trinajstić information content (AvgIpc) is 2.84. The van der Waals surface area contributed by atoms with Gasteiger partial charge in [0.25, 0.3) is 0 Å². The second-order valence-electron chi connectivity index (χ2n) is 5.49. The summed E-state index contributed by atoms with van der Waals surface area (Å²) in [7, 11) is 0. The molecule has 1 N–H and O–H groups in total. The van der Waals surface area contributed by atoms with Crippen LogP contribution >= 0.6 is 11.3 Å². The summed E-state index contributed by atoms with van der Waals surface area (Å²) in [5.74, 6) is 0.586. The van der Waals surface area contributed by atoms with E-state index in [4.69, 9.17) is 0 Å². The number of thiazole rings is 1. The van der Waals surface area contributed by atoms with E-state index >= 15 is 0 Å². The first-order chi connectivity index (χ1) is 9.60. The zero-order valence-electron chi connectivity index (χ0n) is 12.8. The second kappa shape index (κ2) is 7.00. The predicted molar refractivity (Wildman–Crippen MR) is 87.5 cm³/mol. The molecule has 20 heavy (non-hydrogen) atoms. The van der Waals surface area contributed by atoms with E-state index in [-0.39, 0.29) is 0 Å². The number of rotatable bonds is 6. The van der Waals surface area contributed by atoms with Crippen LogP contribution in [0.4, 0.5) is 0 Å². The third kappa shape index (κ3) is 3.90. The molecule has 3 heteroatoms. The van der Waals surface area contributed by atoms with Crippen molar-refractivity contribution in [2.75, 3.05) is 6.54 Å². The van der Waals surface area contributed by atoms with E-state index < -0.39 is 0 Å². The van der Waals surface area contributed by atoms with E-state index in [1.165, 1.54) is 16.8 Å². The molecule has 0 aliphatic carbocycles. The van der Waals surface area contributed by atoms with Crippen molar-refractivity contribution in [2.45, 2.75) is 46.1 Å². The van der Waals surface area contributed by atoms with E-state index in [1.807, 2.05) is 0 Å². The first-order valence-electron chi connectivity index (χ1n) is 7.34. The molecule has 2 rings (SSSR count). The van der Waals surface area contributed by atoms with Gasteiger partial charge in [-0.1, -0.05) is 45.0 Å². The van der Waals surface area contributed by atoms with E-state index in [9.17, 15) is 0 Å². The fourth-order valence-corrected chi connectivity index (χ4v) is 3.00. The molecule has 2 nitrogen and oxygen atoms in total. The molecule has 1 aromatic carbocycles. The van der Waals surface area contributed by atoms with E-state index in [0.29, 0.717) is 12.0 Å². The molecule has 0 aliphatic rings. The Balaban J connectivity index is 2.15. The van der Waals surface area contributed by atoms with Crippen molar-refractivity contribution in [2.24, 2.45) is 0 Å². The number of aryl methyl sites for hydroxylation is 1. The maximum Gasteiger partial charge on any atom is 0.0897 e. The molecular weight excluding hydrogens is 264 g/mol. The molecule has 0 amide bonds. The van der Waals surface area contributed by atoms with Gasteiger partial charge in [0, 0.05) is 17.8 Å². The molecule has 0 radical (unpaired) electrons. The quantitative estimate of drug-likeness (QED) is 0.848. The van der Waals surface area contributed by atoms with E-state index in [0.717, 1.165) is 18.0 Å². The van der Waals surface area contributed by atoms with Crippen LogP contribution in [0.15, 0.2) is 29.6 Å². The van der Waals surface area contributed by atoms with Crippen LogP contribution in [-0.2, 0) is 6.42 Å². The van der Waals surface area contributed by atoms with Crippen LogP contribution in [0.5, 0.6) is 0 Å². The Morgan fingerprint density at radius 3 is 2.30 bits per heavy atom. The second-order valence-corrected chi connectivity index (χ2v) is 6.56. The molecule has 108 valence electrons. The zero-order chi connectivity index (χ0) is 14.5. The lowest BCUT2D eigenvalue weighted by molar-refractivity contribution is 0.544. The molecule has 1 aromatic heterocycles. The molecule has 0 spiro atoms. The van der Waals surface area contributed by atoms with E-state index in [1.54, 1.807) is 11.3 Å². The molecule has 0 fully saturated rings. The van der Waals surface area contributed by atoms with Gasteiger partial charge in [-0.25, -0.2) is 4.98 Å². The van der Waals surface area contributed by atoms with Crippen LogP contribution in [0.2, 0.25) is 0 Å². The van der Waals surface area contributed by atoms with Gasteiger partial charge < -0.3 is 5.32 Å². The van der Waals surface area contributed by atoms with Gasteiger partial charge in [0.2, 0.25) is 0 Å². The van der Waals surface area contributed by atoms with Crippen molar-refractivity contribution in [1.29, 1.82) is 0 Å². The zero-order valence-corrected chi connectivity index (χ0v) is 13.6. The van der Waals surface area contributed by atoms with Gasteiger partial charge in [-0.3, -0.25) is 0 Å². The van der Waals surface area contributed by atoms with Gasteiger partial charge in [-0.05, 0) is 30.5 Å². The van der Waals surface area contributed by atoms with Gasteiger partial charge >= 0.3 is 0 Å². The van der Waals surface area contributed by atoms with E-state index in [2.05, 4.69) is 67.6 Å². The highest BCUT2D eigenvalue weighted by atomic mass is 32.1.